The fraction of sp³-hybridized carbons (Fsp3) is 0.150. The molecule has 3 aromatic rings. The van der Waals surface area contributed by atoms with Gasteiger partial charge in [0.1, 0.15) is 16.7 Å². The number of carbonyl (C=O) groups excluding carboxylic acids is 2. The van der Waals surface area contributed by atoms with E-state index < -0.39 is 18.4 Å². The van der Waals surface area contributed by atoms with Gasteiger partial charge in [0.05, 0.1) is 0 Å². The molecule has 0 aliphatic carbocycles. The van der Waals surface area contributed by atoms with Gasteiger partial charge in [-0.05, 0) is 43.3 Å². The molecule has 1 heterocycles. The SMILES string of the molecule is C[C@H](C(N)=O)N(c1ccc(C(F)F)cc1)c1nc(N)c(C(=O)c2ccc(Cl)cc2)s1. The van der Waals surface area contributed by atoms with Crippen LogP contribution in [0.2, 0.25) is 5.02 Å². The number of alkyl halides is 2. The summed E-state index contributed by atoms with van der Waals surface area (Å²) in [6, 6.07) is 10.8. The van der Waals surface area contributed by atoms with Gasteiger partial charge >= 0.3 is 0 Å². The number of hydrogen-bond donors (Lipinski definition) is 2. The summed E-state index contributed by atoms with van der Waals surface area (Å²) in [6.45, 7) is 1.54. The highest BCUT2D eigenvalue weighted by atomic mass is 35.5. The lowest BCUT2D eigenvalue weighted by Crippen LogP contribution is -2.39. The Balaban J connectivity index is 2.02. The lowest BCUT2D eigenvalue weighted by molar-refractivity contribution is -0.118. The molecule has 0 fully saturated rings. The molecule has 2 aromatic carbocycles. The number of halogens is 3. The molecular formula is C20H17ClF2N4O2S. The highest BCUT2D eigenvalue weighted by Crippen LogP contribution is 2.36. The number of nitrogens with two attached hydrogens (primary N) is 2. The summed E-state index contributed by atoms with van der Waals surface area (Å²) in [5, 5.41) is 0.721. The number of aromatic nitrogens is 1. The molecule has 1 amide bonds. The number of carbonyl (C=O) groups is 2. The Bertz CT molecular complexity index is 1070. The third kappa shape index (κ3) is 4.42. The Labute approximate surface area is 180 Å². The van der Waals surface area contributed by atoms with Crippen molar-refractivity contribution in [3.05, 3.63) is 69.6 Å². The molecule has 1 aromatic heterocycles. The van der Waals surface area contributed by atoms with E-state index in [0.717, 1.165) is 11.3 Å². The van der Waals surface area contributed by atoms with Crippen LogP contribution in [0.1, 0.15) is 34.1 Å². The van der Waals surface area contributed by atoms with E-state index in [1.165, 1.54) is 29.2 Å². The van der Waals surface area contributed by atoms with Gasteiger partial charge in [-0.2, -0.15) is 0 Å². The maximum atomic E-state index is 12.9. The van der Waals surface area contributed by atoms with Crippen molar-refractivity contribution in [1.82, 2.24) is 4.98 Å². The summed E-state index contributed by atoms with van der Waals surface area (Å²) in [4.78, 5) is 30.6. The van der Waals surface area contributed by atoms with Crippen LogP contribution in [-0.4, -0.2) is 22.7 Å². The Morgan fingerprint density at radius 2 is 1.70 bits per heavy atom. The highest BCUT2D eigenvalue weighted by molar-refractivity contribution is 7.18. The number of nitrogens with zero attached hydrogens (tertiary/aromatic N) is 2. The van der Waals surface area contributed by atoms with E-state index >= 15 is 0 Å². The Hall–Kier alpha value is -3.04. The summed E-state index contributed by atoms with van der Waals surface area (Å²) in [6.07, 6.45) is -2.62. The molecule has 1 atom stereocenters. The lowest BCUT2D eigenvalue weighted by atomic mass is 10.1. The van der Waals surface area contributed by atoms with Crippen molar-refractivity contribution in [2.45, 2.75) is 19.4 Å². The van der Waals surface area contributed by atoms with Crippen molar-refractivity contribution >= 4 is 51.3 Å². The summed E-state index contributed by atoms with van der Waals surface area (Å²) in [5.74, 6) is -1.03. The minimum atomic E-state index is -2.62. The van der Waals surface area contributed by atoms with Gasteiger partial charge in [0.15, 0.2) is 5.13 Å². The molecule has 10 heteroatoms. The summed E-state index contributed by atoms with van der Waals surface area (Å²) in [5.41, 5.74) is 12.1. The molecule has 0 unspecified atom stereocenters. The fourth-order valence-corrected chi connectivity index (χ4v) is 3.90. The summed E-state index contributed by atoms with van der Waals surface area (Å²) >= 11 is 6.84. The second-order valence-electron chi connectivity index (χ2n) is 6.39. The first-order valence-corrected chi connectivity index (χ1v) is 9.91. The van der Waals surface area contributed by atoms with Crippen LogP contribution < -0.4 is 16.4 Å². The highest BCUT2D eigenvalue weighted by Gasteiger charge is 2.27. The van der Waals surface area contributed by atoms with E-state index in [0.29, 0.717) is 16.3 Å². The van der Waals surface area contributed by atoms with E-state index in [2.05, 4.69) is 4.98 Å². The van der Waals surface area contributed by atoms with Crippen LogP contribution >= 0.6 is 22.9 Å². The normalized spacial score (nSPS) is 12.0. The van der Waals surface area contributed by atoms with Crippen molar-refractivity contribution in [2.75, 3.05) is 10.6 Å². The number of hydrogen-bond acceptors (Lipinski definition) is 6. The number of primary amides is 1. The molecule has 0 aliphatic rings. The quantitative estimate of drug-likeness (QED) is 0.514. The monoisotopic (exact) mass is 450 g/mol. The van der Waals surface area contributed by atoms with Crippen molar-refractivity contribution in [3.63, 3.8) is 0 Å². The number of nitrogen functional groups attached to an aromatic ring is 1. The van der Waals surface area contributed by atoms with Crippen LogP contribution in [0, 0.1) is 0 Å². The molecule has 0 radical (unpaired) electrons. The van der Waals surface area contributed by atoms with Crippen molar-refractivity contribution in [3.8, 4) is 0 Å². The van der Waals surface area contributed by atoms with Crippen LogP contribution in [0.5, 0.6) is 0 Å². The molecule has 6 nitrogen and oxygen atoms in total. The first kappa shape index (κ1) is 21.7. The van der Waals surface area contributed by atoms with E-state index in [4.69, 9.17) is 23.1 Å². The molecule has 156 valence electrons. The molecule has 0 saturated heterocycles. The van der Waals surface area contributed by atoms with E-state index in [9.17, 15) is 18.4 Å². The molecule has 0 bridgehead atoms. The average Bonchev–Trinajstić information content (AvgIpc) is 3.09. The van der Waals surface area contributed by atoms with Gasteiger partial charge < -0.3 is 16.4 Å². The zero-order valence-electron chi connectivity index (χ0n) is 15.7. The minimum absolute atomic E-state index is 0.0131. The number of benzene rings is 2. The van der Waals surface area contributed by atoms with Crippen molar-refractivity contribution < 1.29 is 18.4 Å². The molecule has 3 rings (SSSR count). The smallest absolute Gasteiger partial charge is 0.263 e. The maximum absolute atomic E-state index is 12.9. The van der Waals surface area contributed by atoms with Gasteiger partial charge in [0.25, 0.3) is 6.43 Å². The third-order valence-corrected chi connectivity index (χ3v) is 5.70. The van der Waals surface area contributed by atoms with Gasteiger partial charge in [-0.3, -0.25) is 9.59 Å². The van der Waals surface area contributed by atoms with Crippen LogP contribution in [0.15, 0.2) is 48.5 Å². The molecule has 4 N–H and O–H groups in total. The molecule has 0 aliphatic heterocycles. The third-order valence-electron chi connectivity index (χ3n) is 4.38. The topological polar surface area (TPSA) is 102 Å². The summed E-state index contributed by atoms with van der Waals surface area (Å²) in [7, 11) is 0. The van der Waals surface area contributed by atoms with Crippen LogP contribution in [0.25, 0.3) is 0 Å². The van der Waals surface area contributed by atoms with Gasteiger partial charge in [0, 0.05) is 21.8 Å². The maximum Gasteiger partial charge on any atom is 0.263 e. The van der Waals surface area contributed by atoms with Gasteiger partial charge in [0.2, 0.25) is 11.7 Å². The second kappa shape index (κ2) is 8.76. The molecule has 30 heavy (non-hydrogen) atoms. The largest absolute Gasteiger partial charge is 0.382 e. The van der Waals surface area contributed by atoms with E-state index in [1.807, 2.05) is 0 Å². The Kier molecular flexibility index (Phi) is 6.33. The number of anilines is 3. The Morgan fingerprint density at radius 1 is 1.10 bits per heavy atom. The zero-order chi connectivity index (χ0) is 22.0. The number of rotatable bonds is 7. The van der Waals surface area contributed by atoms with Crippen LogP contribution in [0.3, 0.4) is 0 Å². The molecular weight excluding hydrogens is 434 g/mol. The predicted molar refractivity (Wildman–Crippen MR) is 114 cm³/mol. The van der Waals surface area contributed by atoms with E-state index in [-0.39, 0.29) is 27.2 Å². The van der Waals surface area contributed by atoms with Gasteiger partial charge in [-0.1, -0.05) is 35.1 Å². The fourth-order valence-electron chi connectivity index (χ4n) is 2.73. The lowest BCUT2D eigenvalue weighted by Gasteiger charge is -2.26. The molecule has 0 saturated carbocycles. The molecule has 0 spiro atoms. The number of thiazole rings is 1. The second-order valence-corrected chi connectivity index (χ2v) is 7.80. The van der Waals surface area contributed by atoms with Gasteiger partial charge in [-0.25, -0.2) is 13.8 Å². The summed E-state index contributed by atoms with van der Waals surface area (Å²) < 4.78 is 25.8. The minimum Gasteiger partial charge on any atom is -0.382 e. The zero-order valence-corrected chi connectivity index (χ0v) is 17.3. The number of ketones is 1. The van der Waals surface area contributed by atoms with Crippen molar-refractivity contribution in [2.24, 2.45) is 5.73 Å². The first-order chi connectivity index (χ1) is 14.2. The Morgan fingerprint density at radius 3 is 2.23 bits per heavy atom. The first-order valence-electron chi connectivity index (χ1n) is 8.72. The average molecular weight is 451 g/mol. The van der Waals surface area contributed by atoms with E-state index in [1.54, 1.807) is 31.2 Å². The van der Waals surface area contributed by atoms with Crippen LogP contribution in [-0.2, 0) is 4.79 Å². The van der Waals surface area contributed by atoms with Gasteiger partial charge in [-0.15, -0.1) is 0 Å². The van der Waals surface area contributed by atoms with Crippen LogP contribution in [0.4, 0.5) is 25.4 Å². The predicted octanol–water partition coefficient (Wildman–Crippen LogP) is 4.56. The number of amides is 1. The van der Waals surface area contributed by atoms with Crippen molar-refractivity contribution in [1.29, 1.82) is 0 Å². The standard InChI is InChI=1S/C20H17ClF2N4O2S/c1-10(19(25)29)27(14-8-4-12(5-9-14)17(22)23)20-26-18(24)16(30-20)15(28)11-2-6-13(21)7-3-11/h2-10,17H,24H2,1H3,(H2,25,29)/t10-/m1/s1.